The second-order valence-corrected chi connectivity index (χ2v) is 5.47. The van der Waals surface area contributed by atoms with Gasteiger partial charge in [0, 0.05) is 16.6 Å². The second kappa shape index (κ2) is 5.70. The zero-order valence-electron chi connectivity index (χ0n) is 10.9. The van der Waals surface area contributed by atoms with Gasteiger partial charge < -0.3 is 10.1 Å². The van der Waals surface area contributed by atoms with Crippen molar-refractivity contribution in [3.63, 3.8) is 0 Å². The van der Waals surface area contributed by atoms with Gasteiger partial charge in [-0.1, -0.05) is 6.07 Å². The second-order valence-electron chi connectivity index (χ2n) is 4.18. The molecule has 108 valence electrons. The number of aromatic nitrogens is 1. The van der Waals surface area contributed by atoms with E-state index in [1.165, 1.54) is 18.2 Å². The van der Waals surface area contributed by atoms with Crippen molar-refractivity contribution in [2.24, 2.45) is 0 Å². The summed E-state index contributed by atoms with van der Waals surface area (Å²) in [6.07, 6.45) is -4.68. The smallest absolute Gasteiger partial charge is 0.406 e. The normalized spacial score (nSPS) is 11.4. The molecule has 0 saturated carbocycles. The fourth-order valence-corrected chi connectivity index (χ4v) is 2.47. The molecule has 2 rings (SSSR count). The van der Waals surface area contributed by atoms with Gasteiger partial charge >= 0.3 is 6.36 Å². The molecular formula is C13H13F3N2OS. The lowest BCUT2D eigenvalue weighted by Gasteiger charge is -2.10. The maximum absolute atomic E-state index is 12.1. The van der Waals surface area contributed by atoms with Crippen LogP contribution in [0.4, 0.5) is 18.9 Å². The lowest BCUT2D eigenvalue weighted by atomic mass is 10.3. The van der Waals surface area contributed by atoms with E-state index < -0.39 is 6.36 Å². The number of benzene rings is 1. The van der Waals surface area contributed by atoms with Crippen LogP contribution in [-0.4, -0.2) is 11.3 Å². The van der Waals surface area contributed by atoms with E-state index in [1.807, 2.05) is 13.8 Å². The van der Waals surface area contributed by atoms with E-state index in [0.29, 0.717) is 12.2 Å². The van der Waals surface area contributed by atoms with E-state index >= 15 is 0 Å². The highest BCUT2D eigenvalue weighted by Crippen LogP contribution is 2.25. The maximum atomic E-state index is 12.1. The molecule has 1 aromatic carbocycles. The van der Waals surface area contributed by atoms with E-state index in [-0.39, 0.29) is 5.75 Å². The average molecular weight is 302 g/mol. The lowest BCUT2D eigenvalue weighted by Crippen LogP contribution is -2.17. The van der Waals surface area contributed by atoms with Crippen LogP contribution in [0.15, 0.2) is 24.3 Å². The van der Waals surface area contributed by atoms with Gasteiger partial charge in [0.1, 0.15) is 10.8 Å². The molecule has 2 aromatic rings. The number of rotatable bonds is 4. The number of nitrogens with one attached hydrogen (secondary N) is 1. The molecule has 20 heavy (non-hydrogen) atoms. The average Bonchev–Trinajstić information content (AvgIpc) is 2.65. The van der Waals surface area contributed by atoms with Crippen molar-refractivity contribution >= 4 is 17.0 Å². The standard InChI is InChI=1S/C13H13F3N2OS/c1-8-9(2)20-12(18-8)7-17-10-4-3-5-11(6-10)19-13(14,15)16/h3-6,17H,7H2,1-2H3. The fraction of sp³-hybridized carbons (Fsp3) is 0.308. The third-order valence-electron chi connectivity index (χ3n) is 2.58. The molecule has 0 amide bonds. The number of hydrogen-bond acceptors (Lipinski definition) is 4. The van der Waals surface area contributed by atoms with Gasteiger partial charge in [0.05, 0.1) is 12.2 Å². The minimum absolute atomic E-state index is 0.242. The Bertz CT molecular complexity index is 576. The van der Waals surface area contributed by atoms with Gasteiger partial charge in [-0.05, 0) is 26.0 Å². The third-order valence-corrected chi connectivity index (χ3v) is 3.66. The first-order valence-electron chi connectivity index (χ1n) is 5.86. The quantitative estimate of drug-likeness (QED) is 0.915. The minimum Gasteiger partial charge on any atom is -0.406 e. The first-order chi connectivity index (χ1) is 9.33. The predicted molar refractivity (Wildman–Crippen MR) is 72.0 cm³/mol. The number of anilines is 1. The zero-order chi connectivity index (χ0) is 14.8. The Morgan fingerprint density at radius 3 is 2.65 bits per heavy atom. The van der Waals surface area contributed by atoms with Crippen molar-refractivity contribution in [3.05, 3.63) is 39.8 Å². The summed E-state index contributed by atoms with van der Waals surface area (Å²) in [5.41, 5.74) is 1.53. The molecule has 1 aromatic heterocycles. The molecule has 0 fully saturated rings. The number of thiazole rings is 1. The molecule has 0 unspecified atom stereocenters. The SMILES string of the molecule is Cc1nc(CNc2cccc(OC(F)(F)F)c2)sc1C. The molecule has 0 saturated heterocycles. The minimum atomic E-state index is -4.68. The Balaban J connectivity index is 2.01. The van der Waals surface area contributed by atoms with Crippen LogP contribution in [0, 0.1) is 13.8 Å². The van der Waals surface area contributed by atoms with Crippen LogP contribution < -0.4 is 10.1 Å². The van der Waals surface area contributed by atoms with Crippen LogP contribution in [-0.2, 0) is 6.54 Å². The Hall–Kier alpha value is -1.76. The number of ether oxygens (including phenoxy) is 1. The number of halogens is 3. The molecule has 0 atom stereocenters. The molecule has 7 heteroatoms. The van der Waals surface area contributed by atoms with E-state index in [1.54, 1.807) is 17.4 Å². The van der Waals surface area contributed by atoms with Crippen LogP contribution in [0.2, 0.25) is 0 Å². The number of aryl methyl sites for hydroxylation is 2. The van der Waals surface area contributed by atoms with Gasteiger partial charge in [-0.2, -0.15) is 0 Å². The monoisotopic (exact) mass is 302 g/mol. The van der Waals surface area contributed by atoms with Crippen molar-refractivity contribution in [1.82, 2.24) is 4.98 Å². The van der Waals surface area contributed by atoms with Gasteiger partial charge in [-0.15, -0.1) is 24.5 Å². The molecule has 0 aliphatic rings. The van der Waals surface area contributed by atoms with E-state index in [0.717, 1.165) is 15.6 Å². The predicted octanol–water partition coefficient (Wildman–Crippen LogP) is 4.27. The highest BCUT2D eigenvalue weighted by atomic mass is 32.1. The van der Waals surface area contributed by atoms with Crippen LogP contribution in [0.5, 0.6) is 5.75 Å². The summed E-state index contributed by atoms with van der Waals surface area (Å²) in [5.74, 6) is -0.242. The van der Waals surface area contributed by atoms with Crippen molar-refractivity contribution in [1.29, 1.82) is 0 Å². The largest absolute Gasteiger partial charge is 0.573 e. The first kappa shape index (κ1) is 14.6. The third kappa shape index (κ3) is 4.12. The van der Waals surface area contributed by atoms with Crippen molar-refractivity contribution in [3.8, 4) is 5.75 Å². The highest BCUT2D eigenvalue weighted by Gasteiger charge is 2.31. The zero-order valence-corrected chi connectivity index (χ0v) is 11.7. The topological polar surface area (TPSA) is 34.2 Å². The van der Waals surface area contributed by atoms with E-state index in [4.69, 9.17) is 0 Å². The Kier molecular flexibility index (Phi) is 4.17. The summed E-state index contributed by atoms with van der Waals surface area (Å²) >= 11 is 1.56. The van der Waals surface area contributed by atoms with Gasteiger partial charge in [-0.25, -0.2) is 4.98 Å². The van der Waals surface area contributed by atoms with Crippen LogP contribution in [0.3, 0.4) is 0 Å². The number of hydrogen-bond donors (Lipinski definition) is 1. The lowest BCUT2D eigenvalue weighted by molar-refractivity contribution is -0.274. The van der Waals surface area contributed by atoms with Gasteiger partial charge in [0.2, 0.25) is 0 Å². The number of alkyl halides is 3. The van der Waals surface area contributed by atoms with Crippen LogP contribution >= 0.6 is 11.3 Å². The maximum Gasteiger partial charge on any atom is 0.573 e. The highest BCUT2D eigenvalue weighted by molar-refractivity contribution is 7.11. The Morgan fingerprint density at radius 1 is 1.30 bits per heavy atom. The molecular weight excluding hydrogens is 289 g/mol. The molecule has 0 aliphatic carbocycles. The molecule has 0 radical (unpaired) electrons. The number of nitrogens with zero attached hydrogens (tertiary/aromatic N) is 1. The molecule has 1 heterocycles. The first-order valence-corrected chi connectivity index (χ1v) is 6.68. The van der Waals surface area contributed by atoms with Crippen LogP contribution in [0.1, 0.15) is 15.6 Å². The Labute approximate surface area is 118 Å². The van der Waals surface area contributed by atoms with E-state index in [2.05, 4.69) is 15.0 Å². The van der Waals surface area contributed by atoms with E-state index in [9.17, 15) is 13.2 Å². The van der Waals surface area contributed by atoms with Crippen molar-refractivity contribution in [2.45, 2.75) is 26.8 Å². The summed E-state index contributed by atoms with van der Waals surface area (Å²) in [7, 11) is 0. The summed E-state index contributed by atoms with van der Waals surface area (Å²) in [4.78, 5) is 5.49. The fourth-order valence-electron chi connectivity index (χ4n) is 1.60. The summed E-state index contributed by atoms with van der Waals surface area (Å²) < 4.78 is 40.2. The van der Waals surface area contributed by atoms with Gasteiger partial charge in [-0.3, -0.25) is 0 Å². The van der Waals surface area contributed by atoms with Gasteiger partial charge in [0.25, 0.3) is 0 Å². The molecule has 0 spiro atoms. The van der Waals surface area contributed by atoms with Crippen molar-refractivity contribution in [2.75, 3.05) is 5.32 Å². The molecule has 1 N–H and O–H groups in total. The molecule has 0 bridgehead atoms. The molecule has 3 nitrogen and oxygen atoms in total. The Morgan fingerprint density at radius 2 is 2.05 bits per heavy atom. The van der Waals surface area contributed by atoms with Crippen LogP contribution in [0.25, 0.3) is 0 Å². The summed E-state index contributed by atoms with van der Waals surface area (Å²) in [6, 6.07) is 5.75. The summed E-state index contributed by atoms with van der Waals surface area (Å²) in [6.45, 7) is 4.37. The molecule has 0 aliphatic heterocycles. The van der Waals surface area contributed by atoms with Crippen molar-refractivity contribution < 1.29 is 17.9 Å². The summed E-state index contributed by atoms with van der Waals surface area (Å²) in [5, 5.41) is 3.92. The van der Waals surface area contributed by atoms with Gasteiger partial charge in [0.15, 0.2) is 0 Å².